The summed E-state index contributed by atoms with van der Waals surface area (Å²) in [7, 11) is 4.25. The highest BCUT2D eigenvalue weighted by Crippen LogP contribution is 2.19. The third-order valence-electron chi connectivity index (χ3n) is 5.17. The molecule has 1 amide bonds. The number of nitrogens with zero attached hydrogens (tertiary/aromatic N) is 3. The van der Waals surface area contributed by atoms with Crippen LogP contribution in [0.5, 0.6) is 0 Å². The molecular formula is C18H29N3O2. The van der Waals surface area contributed by atoms with Crippen LogP contribution in [0.25, 0.3) is 0 Å². The van der Waals surface area contributed by atoms with E-state index in [-0.39, 0.29) is 5.91 Å². The number of rotatable bonds is 4. The van der Waals surface area contributed by atoms with Crippen molar-refractivity contribution < 1.29 is 9.21 Å². The Kier molecular flexibility index (Phi) is 5.38. The molecule has 0 aliphatic carbocycles. The highest BCUT2D eigenvalue weighted by Gasteiger charge is 2.24. The maximum absolute atomic E-state index is 12.7. The molecule has 1 aromatic rings. The predicted molar refractivity (Wildman–Crippen MR) is 90.4 cm³/mol. The van der Waals surface area contributed by atoms with Crippen molar-refractivity contribution >= 4 is 5.91 Å². The summed E-state index contributed by atoms with van der Waals surface area (Å²) in [6.07, 6.45) is 5.81. The molecule has 3 heterocycles. The van der Waals surface area contributed by atoms with Gasteiger partial charge in [0.25, 0.3) is 5.91 Å². The minimum atomic E-state index is 0.0529. The molecule has 2 saturated heterocycles. The number of carbonyl (C=O) groups is 1. The molecule has 128 valence electrons. The summed E-state index contributed by atoms with van der Waals surface area (Å²) in [4.78, 5) is 19.3. The monoisotopic (exact) mass is 319 g/mol. The van der Waals surface area contributed by atoms with Gasteiger partial charge in [-0.15, -0.1) is 0 Å². The van der Waals surface area contributed by atoms with Crippen LogP contribution in [0.3, 0.4) is 0 Å². The zero-order chi connectivity index (χ0) is 16.2. The van der Waals surface area contributed by atoms with E-state index >= 15 is 0 Å². The molecule has 3 rings (SSSR count). The Bertz CT molecular complexity index is 520. The molecule has 1 atom stereocenters. The van der Waals surface area contributed by atoms with Gasteiger partial charge in [0.1, 0.15) is 5.76 Å². The standard InChI is InChI=1S/C18H29N3O2/c1-19(2)15-6-5-12-21(13-9-15)18(22)17-8-7-16(23-17)14-20-10-3-4-11-20/h7-8,15H,3-6,9-14H2,1-2H3. The van der Waals surface area contributed by atoms with Crippen molar-refractivity contribution in [2.24, 2.45) is 0 Å². The van der Waals surface area contributed by atoms with E-state index < -0.39 is 0 Å². The fourth-order valence-electron chi connectivity index (χ4n) is 3.69. The van der Waals surface area contributed by atoms with Crippen molar-refractivity contribution in [2.75, 3.05) is 40.3 Å². The van der Waals surface area contributed by atoms with Crippen LogP contribution >= 0.6 is 0 Å². The van der Waals surface area contributed by atoms with Crippen LogP contribution in [0, 0.1) is 0 Å². The lowest BCUT2D eigenvalue weighted by Crippen LogP contribution is -2.33. The van der Waals surface area contributed by atoms with Crippen molar-refractivity contribution in [3.8, 4) is 0 Å². The van der Waals surface area contributed by atoms with Crippen LogP contribution in [0.2, 0.25) is 0 Å². The van der Waals surface area contributed by atoms with Gasteiger partial charge >= 0.3 is 0 Å². The van der Waals surface area contributed by atoms with Gasteiger partial charge in [0.15, 0.2) is 5.76 Å². The van der Waals surface area contributed by atoms with Crippen LogP contribution in [0.1, 0.15) is 48.4 Å². The van der Waals surface area contributed by atoms with Crippen molar-refractivity contribution in [3.05, 3.63) is 23.7 Å². The van der Waals surface area contributed by atoms with Crippen molar-refractivity contribution in [1.29, 1.82) is 0 Å². The van der Waals surface area contributed by atoms with Crippen molar-refractivity contribution in [3.63, 3.8) is 0 Å². The first-order chi connectivity index (χ1) is 11.1. The molecule has 0 N–H and O–H groups in total. The smallest absolute Gasteiger partial charge is 0.289 e. The van der Waals surface area contributed by atoms with E-state index in [0.717, 1.165) is 57.7 Å². The van der Waals surface area contributed by atoms with Gasteiger partial charge < -0.3 is 14.2 Å². The molecule has 1 unspecified atom stereocenters. The summed E-state index contributed by atoms with van der Waals surface area (Å²) in [5, 5.41) is 0. The van der Waals surface area contributed by atoms with Gasteiger partial charge in [-0.25, -0.2) is 0 Å². The fraction of sp³-hybridized carbons (Fsp3) is 0.722. The van der Waals surface area contributed by atoms with Crippen molar-refractivity contribution in [2.45, 2.75) is 44.7 Å². The average Bonchev–Trinajstić information content (AvgIpc) is 3.14. The maximum Gasteiger partial charge on any atom is 0.289 e. The highest BCUT2D eigenvalue weighted by atomic mass is 16.4. The Morgan fingerprint density at radius 3 is 2.65 bits per heavy atom. The summed E-state index contributed by atoms with van der Waals surface area (Å²) >= 11 is 0. The molecule has 0 aromatic carbocycles. The molecule has 2 aliphatic rings. The first-order valence-corrected chi connectivity index (χ1v) is 8.90. The molecule has 5 nitrogen and oxygen atoms in total. The van der Waals surface area contributed by atoms with E-state index in [2.05, 4.69) is 23.9 Å². The number of carbonyl (C=O) groups excluding carboxylic acids is 1. The van der Waals surface area contributed by atoms with E-state index in [9.17, 15) is 4.79 Å². The van der Waals surface area contributed by atoms with Gasteiger partial charge in [0, 0.05) is 19.1 Å². The van der Waals surface area contributed by atoms with Crippen LogP contribution in [0.15, 0.2) is 16.5 Å². The summed E-state index contributed by atoms with van der Waals surface area (Å²) < 4.78 is 5.83. The van der Waals surface area contributed by atoms with E-state index in [1.54, 1.807) is 0 Å². The molecule has 0 bridgehead atoms. The number of likely N-dealkylation sites (tertiary alicyclic amines) is 2. The lowest BCUT2D eigenvalue weighted by Gasteiger charge is -2.23. The molecule has 1 aromatic heterocycles. The zero-order valence-electron chi connectivity index (χ0n) is 14.5. The first-order valence-electron chi connectivity index (χ1n) is 8.90. The molecule has 2 aliphatic heterocycles. The van der Waals surface area contributed by atoms with E-state index in [4.69, 9.17) is 4.42 Å². The first kappa shape index (κ1) is 16.5. The zero-order valence-corrected chi connectivity index (χ0v) is 14.5. The van der Waals surface area contributed by atoms with E-state index in [1.807, 2.05) is 17.0 Å². The molecule has 2 fully saturated rings. The Hall–Kier alpha value is -1.33. The van der Waals surface area contributed by atoms with Crippen LogP contribution in [-0.4, -0.2) is 66.9 Å². The molecular weight excluding hydrogens is 290 g/mol. The SMILES string of the molecule is CN(C)C1CCCN(C(=O)c2ccc(CN3CCCC3)o2)CC1. The Morgan fingerprint density at radius 2 is 1.91 bits per heavy atom. The van der Waals surface area contributed by atoms with Gasteiger partial charge in [-0.3, -0.25) is 9.69 Å². The minimum Gasteiger partial charge on any atom is -0.455 e. The lowest BCUT2D eigenvalue weighted by molar-refractivity contribution is 0.0723. The summed E-state index contributed by atoms with van der Waals surface area (Å²) in [5.74, 6) is 1.47. The molecule has 23 heavy (non-hydrogen) atoms. The molecule has 5 heteroatoms. The van der Waals surface area contributed by atoms with Gasteiger partial charge in [0.05, 0.1) is 6.54 Å². The maximum atomic E-state index is 12.7. The molecule has 0 spiro atoms. The normalized spacial score (nSPS) is 23.4. The summed E-state index contributed by atoms with van der Waals surface area (Å²) in [5.41, 5.74) is 0. The number of furan rings is 1. The van der Waals surface area contributed by atoms with Crippen LogP contribution in [-0.2, 0) is 6.54 Å². The third kappa shape index (κ3) is 4.15. The summed E-state index contributed by atoms with van der Waals surface area (Å²) in [6.45, 7) is 4.77. The Balaban J connectivity index is 1.58. The van der Waals surface area contributed by atoms with E-state index in [0.29, 0.717) is 11.8 Å². The van der Waals surface area contributed by atoms with Crippen LogP contribution < -0.4 is 0 Å². The fourth-order valence-corrected chi connectivity index (χ4v) is 3.69. The predicted octanol–water partition coefficient (Wildman–Crippen LogP) is 2.43. The highest BCUT2D eigenvalue weighted by molar-refractivity contribution is 5.91. The van der Waals surface area contributed by atoms with Gasteiger partial charge in [-0.1, -0.05) is 0 Å². The largest absolute Gasteiger partial charge is 0.455 e. The third-order valence-corrected chi connectivity index (χ3v) is 5.17. The Labute approximate surface area is 139 Å². The van der Waals surface area contributed by atoms with Gasteiger partial charge in [-0.05, 0) is 71.4 Å². The lowest BCUT2D eigenvalue weighted by atomic mass is 10.1. The van der Waals surface area contributed by atoms with Gasteiger partial charge in [0.2, 0.25) is 0 Å². The second kappa shape index (κ2) is 7.49. The quantitative estimate of drug-likeness (QED) is 0.854. The van der Waals surface area contributed by atoms with Crippen LogP contribution in [0.4, 0.5) is 0 Å². The second-order valence-electron chi connectivity index (χ2n) is 7.09. The van der Waals surface area contributed by atoms with Gasteiger partial charge in [-0.2, -0.15) is 0 Å². The minimum absolute atomic E-state index is 0.0529. The van der Waals surface area contributed by atoms with E-state index in [1.165, 1.54) is 12.8 Å². The second-order valence-corrected chi connectivity index (χ2v) is 7.09. The summed E-state index contributed by atoms with van der Waals surface area (Å²) in [6, 6.07) is 4.39. The number of hydrogen-bond donors (Lipinski definition) is 0. The topological polar surface area (TPSA) is 39.9 Å². The average molecular weight is 319 g/mol. The molecule has 0 radical (unpaired) electrons. The Morgan fingerprint density at radius 1 is 1.13 bits per heavy atom. The van der Waals surface area contributed by atoms with Crippen molar-refractivity contribution in [1.82, 2.24) is 14.7 Å². The number of amides is 1. The molecule has 0 saturated carbocycles. The number of hydrogen-bond acceptors (Lipinski definition) is 4.